The first-order valence-corrected chi connectivity index (χ1v) is 12.5. The topological polar surface area (TPSA) is 75.7 Å². The Bertz CT molecular complexity index is 1170. The van der Waals surface area contributed by atoms with E-state index in [1.54, 1.807) is 24.3 Å². The lowest BCUT2D eigenvalue weighted by Crippen LogP contribution is -2.38. The monoisotopic (exact) mass is 474 g/mol. The van der Waals surface area contributed by atoms with Crippen molar-refractivity contribution >= 4 is 39.1 Å². The van der Waals surface area contributed by atoms with Gasteiger partial charge in [0.05, 0.1) is 22.9 Å². The van der Waals surface area contributed by atoms with Gasteiger partial charge in [0, 0.05) is 4.90 Å². The zero-order chi connectivity index (χ0) is 23.1. The van der Waals surface area contributed by atoms with Gasteiger partial charge in [0.1, 0.15) is 18.1 Å². The third kappa shape index (κ3) is 5.60. The van der Waals surface area contributed by atoms with Crippen LogP contribution in [0.5, 0.6) is 5.75 Å². The third-order valence-corrected chi connectivity index (χ3v) is 7.09. The maximum atomic E-state index is 13.5. The molecule has 0 spiro atoms. The highest BCUT2D eigenvalue weighted by atomic mass is 32.2. The summed E-state index contributed by atoms with van der Waals surface area (Å²) in [5.41, 5.74) is 0.760. The lowest BCUT2D eigenvalue weighted by molar-refractivity contribution is -0.114. The minimum Gasteiger partial charge on any atom is -0.494 e. The Morgan fingerprint density at radius 2 is 1.69 bits per heavy atom. The summed E-state index contributed by atoms with van der Waals surface area (Å²) in [5, 5.41) is 2.76. The highest BCUT2D eigenvalue weighted by molar-refractivity contribution is 7.98. The van der Waals surface area contributed by atoms with Gasteiger partial charge < -0.3 is 10.1 Å². The number of carbonyl (C=O) groups excluding carboxylic acids is 1. The molecular weight excluding hydrogens is 451 g/mol. The fraction of sp³-hybridized carbons (Fsp3) is 0.174. The lowest BCUT2D eigenvalue weighted by Gasteiger charge is -2.24. The van der Waals surface area contributed by atoms with Crippen molar-refractivity contribution < 1.29 is 22.3 Å². The van der Waals surface area contributed by atoms with E-state index in [1.807, 2.05) is 25.3 Å². The largest absolute Gasteiger partial charge is 0.494 e. The molecule has 0 aromatic heterocycles. The number of para-hydroxylation sites is 1. The van der Waals surface area contributed by atoms with Gasteiger partial charge in [-0.15, -0.1) is 11.8 Å². The molecule has 0 fully saturated rings. The highest BCUT2D eigenvalue weighted by Crippen LogP contribution is 2.27. The standard InChI is InChI=1S/C23H23FN2O4S2/c1-3-30-19-12-14-20(15-13-19)32(28,29)26(18-10-8-17(24)9-11-18)16-23(27)25-21-6-4-5-7-22(21)31-2/h4-15H,3,16H2,1-2H3,(H,25,27). The Hall–Kier alpha value is -3.04. The molecule has 1 amide bonds. The number of thioether (sulfide) groups is 1. The molecule has 3 aromatic carbocycles. The smallest absolute Gasteiger partial charge is 0.264 e. The molecule has 0 saturated heterocycles. The molecule has 0 saturated carbocycles. The van der Waals surface area contributed by atoms with Crippen molar-refractivity contribution in [3.8, 4) is 5.75 Å². The summed E-state index contributed by atoms with van der Waals surface area (Å²) in [4.78, 5) is 13.7. The van der Waals surface area contributed by atoms with Gasteiger partial charge in [0.2, 0.25) is 5.91 Å². The van der Waals surface area contributed by atoms with Gasteiger partial charge in [-0.25, -0.2) is 12.8 Å². The van der Waals surface area contributed by atoms with Crippen LogP contribution in [-0.2, 0) is 14.8 Å². The summed E-state index contributed by atoms with van der Waals surface area (Å²) in [6.45, 7) is 1.80. The summed E-state index contributed by atoms with van der Waals surface area (Å²) in [5.74, 6) is -0.498. The van der Waals surface area contributed by atoms with Gasteiger partial charge in [-0.2, -0.15) is 0 Å². The van der Waals surface area contributed by atoms with Crippen molar-refractivity contribution in [1.29, 1.82) is 0 Å². The van der Waals surface area contributed by atoms with Crippen LogP contribution in [0.1, 0.15) is 6.92 Å². The van der Waals surface area contributed by atoms with Crippen LogP contribution in [0.4, 0.5) is 15.8 Å². The van der Waals surface area contributed by atoms with Crippen LogP contribution < -0.4 is 14.4 Å². The van der Waals surface area contributed by atoms with Gasteiger partial charge in [0.15, 0.2) is 0 Å². The van der Waals surface area contributed by atoms with Crippen molar-refractivity contribution in [3.63, 3.8) is 0 Å². The summed E-state index contributed by atoms with van der Waals surface area (Å²) in [6.07, 6.45) is 1.88. The Morgan fingerprint density at radius 1 is 1.03 bits per heavy atom. The van der Waals surface area contributed by atoms with Crippen molar-refractivity contribution in [2.24, 2.45) is 0 Å². The van der Waals surface area contributed by atoms with Crippen LogP contribution in [0, 0.1) is 5.82 Å². The van der Waals surface area contributed by atoms with Gasteiger partial charge in [-0.1, -0.05) is 12.1 Å². The first kappa shape index (κ1) is 23.6. The molecule has 0 unspecified atom stereocenters. The SMILES string of the molecule is CCOc1ccc(S(=O)(=O)N(CC(=O)Nc2ccccc2SC)c2ccc(F)cc2)cc1. The van der Waals surface area contributed by atoms with E-state index in [-0.39, 0.29) is 10.6 Å². The molecule has 6 nitrogen and oxygen atoms in total. The molecule has 1 N–H and O–H groups in total. The van der Waals surface area contributed by atoms with E-state index in [0.29, 0.717) is 18.0 Å². The molecule has 0 radical (unpaired) electrons. The molecule has 3 aromatic rings. The number of nitrogens with zero attached hydrogens (tertiary/aromatic N) is 1. The number of nitrogens with one attached hydrogen (secondary N) is 1. The molecule has 3 rings (SSSR count). The van der Waals surface area contributed by atoms with Crippen molar-refractivity contribution in [2.45, 2.75) is 16.7 Å². The Balaban J connectivity index is 1.93. The molecule has 0 bridgehead atoms. The zero-order valence-corrected chi connectivity index (χ0v) is 19.3. The van der Waals surface area contributed by atoms with Crippen LogP contribution in [-0.4, -0.2) is 33.7 Å². The van der Waals surface area contributed by atoms with E-state index < -0.39 is 28.3 Å². The predicted octanol–water partition coefficient (Wildman–Crippen LogP) is 4.78. The molecule has 0 heterocycles. The Labute approximate surface area is 191 Å². The van der Waals surface area contributed by atoms with E-state index in [4.69, 9.17) is 4.74 Å². The molecule has 168 valence electrons. The van der Waals surface area contributed by atoms with Crippen LogP contribution >= 0.6 is 11.8 Å². The van der Waals surface area contributed by atoms with Crippen molar-refractivity contribution in [1.82, 2.24) is 0 Å². The van der Waals surface area contributed by atoms with Crippen LogP contribution in [0.25, 0.3) is 0 Å². The van der Waals surface area contributed by atoms with E-state index in [9.17, 15) is 17.6 Å². The molecule has 0 atom stereocenters. The normalized spacial score (nSPS) is 11.1. The van der Waals surface area contributed by atoms with E-state index >= 15 is 0 Å². The highest BCUT2D eigenvalue weighted by Gasteiger charge is 2.27. The number of sulfonamides is 1. The van der Waals surface area contributed by atoms with E-state index in [0.717, 1.165) is 21.3 Å². The number of halogens is 1. The van der Waals surface area contributed by atoms with Crippen molar-refractivity contribution in [3.05, 3.63) is 78.6 Å². The Morgan fingerprint density at radius 3 is 2.31 bits per heavy atom. The first-order valence-electron chi connectivity index (χ1n) is 9.79. The number of amides is 1. The second-order valence-electron chi connectivity index (χ2n) is 6.64. The number of hydrogen-bond donors (Lipinski definition) is 1. The molecule has 0 aliphatic rings. The van der Waals surface area contributed by atoms with Gasteiger partial charge in [-0.05, 0) is 73.8 Å². The zero-order valence-electron chi connectivity index (χ0n) is 17.6. The lowest BCUT2D eigenvalue weighted by atomic mass is 10.3. The molecule has 32 heavy (non-hydrogen) atoms. The van der Waals surface area contributed by atoms with Crippen molar-refractivity contribution in [2.75, 3.05) is 29.0 Å². The average Bonchev–Trinajstić information content (AvgIpc) is 2.79. The quantitative estimate of drug-likeness (QED) is 0.452. The van der Waals surface area contributed by atoms with E-state index in [2.05, 4.69) is 5.32 Å². The third-order valence-electron chi connectivity index (χ3n) is 4.51. The minimum absolute atomic E-state index is 0.0115. The molecular formula is C23H23FN2O4S2. The Kier molecular flexibility index (Phi) is 7.76. The van der Waals surface area contributed by atoms with Crippen LogP contribution in [0.15, 0.2) is 82.6 Å². The van der Waals surface area contributed by atoms with Gasteiger partial charge in [-0.3, -0.25) is 9.10 Å². The summed E-state index contributed by atoms with van der Waals surface area (Å²) in [7, 11) is -4.11. The number of rotatable bonds is 9. The average molecular weight is 475 g/mol. The number of hydrogen-bond acceptors (Lipinski definition) is 5. The second-order valence-corrected chi connectivity index (χ2v) is 9.35. The predicted molar refractivity (Wildman–Crippen MR) is 125 cm³/mol. The molecule has 0 aliphatic heterocycles. The minimum atomic E-state index is -4.11. The van der Waals surface area contributed by atoms with Gasteiger partial charge >= 0.3 is 0 Å². The fourth-order valence-electron chi connectivity index (χ4n) is 2.99. The number of anilines is 2. The van der Waals surface area contributed by atoms with Gasteiger partial charge in [0.25, 0.3) is 10.0 Å². The summed E-state index contributed by atoms with van der Waals surface area (Å²) >= 11 is 1.46. The maximum absolute atomic E-state index is 13.5. The van der Waals surface area contributed by atoms with E-state index in [1.165, 1.54) is 36.0 Å². The summed E-state index contributed by atoms with van der Waals surface area (Å²) in [6, 6.07) is 18.1. The maximum Gasteiger partial charge on any atom is 0.264 e. The number of ether oxygens (including phenoxy) is 1. The molecule has 9 heteroatoms. The second kappa shape index (κ2) is 10.5. The summed E-state index contributed by atoms with van der Waals surface area (Å²) < 4.78 is 46.6. The molecule has 0 aliphatic carbocycles. The number of benzene rings is 3. The van der Waals surface area contributed by atoms with Crippen LogP contribution in [0.2, 0.25) is 0 Å². The number of carbonyl (C=O) groups is 1. The van der Waals surface area contributed by atoms with Crippen LogP contribution in [0.3, 0.4) is 0 Å². The fourth-order valence-corrected chi connectivity index (χ4v) is 4.97. The first-order chi connectivity index (χ1) is 15.3.